The van der Waals surface area contributed by atoms with Gasteiger partial charge in [0.1, 0.15) is 0 Å². The molecule has 2 aliphatic rings. The van der Waals surface area contributed by atoms with E-state index in [4.69, 9.17) is 0 Å². The molecule has 0 aromatic heterocycles. The first-order valence-electron chi connectivity index (χ1n) is 19.4. The van der Waals surface area contributed by atoms with Crippen molar-refractivity contribution in [2.45, 2.75) is 38.5 Å². The Morgan fingerprint density at radius 2 is 0.800 bits per heavy atom. The Bertz CT molecular complexity index is 2740. The van der Waals surface area contributed by atoms with Crippen LogP contribution in [0.3, 0.4) is 0 Å². The van der Waals surface area contributed by atoms with Crippen molar-refractivity contribution in [3.8, 4) is 55.6 Å². The van der Waals surface area contributed by atoms with Gasteiger partial charge >= 0.3 is 0 Å². The molecule has 0 radical (unpaired) electrons. The summed E-state index contributed by atoms with van der Waals surface area (Å²) in [6.07, 6.45) is 0. The molecule has 0 atom stereocenters. The van der Waals surface area contributed by atoms with Gasteiger partial charge in [-0.05, 0) is 115 Å². The zero-order valence-corrected chi connectivity index (χ0v) is 31.8. The monoisotopic (exact) mass is 705 g/mol. The van der Waals surface area contributed by atoms with Gasteiger partial charge in [0.25, 0.3) is 0 Å². The summed E-state index contributed by atoms with van der Waals surface area (Å²) in [7, 11) is 0. The SMILES string of the molecule is CC1(C)c2ccccc2-c2ccc(N(c3ccc(-c4ccccc4)cc3)c3ccccc3-c3cc(-c4ccccc4)c4c(c3)-c3ccccc3C4(C)C)cc21. The van der Waals surface area contributed by atoms with Gasteiger partial charge in [-0.15, -0.1) is 0 Å². The first-order valence-corrected chi connectivity index (χ1v) is 19.4. The average Bonchev–Trinajstić information content (AvgIpc) is 3.61. The Balaban J connectivity index is 1.20. The Kier molecular flexibility index (Phi) is 7.58. The zero-order chi connectivity index (χ0) is 37.3. The van der Waals surface area contributed by atoms with Crippen molar-refractivity contribution in [1.29, 1.82) is 0 Å². The molecule has 8 aromatic carbocycles. The smallest absolute Gasteiger partial charge is 0.0540 e. The van der Waals surface area contributed by atoms with E-state index in [1.54, 1.807) is 0 Å². The van der Waals surface area contributed by atoms with E-state index in [1.807, 2.05) is 0 Å². The van der Waals surface area contributed by atoms with E-state index in [0.29, 0.717) is 0 Å². The van der Waals surface area contributed by atoms with E-state index in [-0.39, 0.29) is 10.8 Å². The molecule has 0 heterocycles. The summed E-state index contributed by atoms with van der Waals surface area (Å²) in [5, 5.41) is 0. The van der Waals surface area contributed by atoms with Crippen LogP contribution in [0.4, 0.5) is 17.1 Å². The molecule has 0 amide bonds. The number of benzene rings is 8. The van der Waals surface area contributed by atoms with Crippen LogP contribution in [-0.2, 0) is 10.8 Å². The van der Waals surface area contributed by atoms with Gasteiger partial charge in [0.05, 0.1) is 5.69 Å². The van der Waals surface area contributed by atoms with E-state index in [2.05, 4.69) is 221 Å². The number of hydrogen-bond donors (Lipinski definition) is 0. The Morgan fingerprint density at radius 3 is 1.49 bits per heavy atom. The summed E-state index contributed by atoms with van der Waals surface area (Å²) in [6, 6.07) is 69.5. The highest BCUT2D eigenvalue weighted by Crippen LogP contribution is 2.55. The topological polar surface area (TPSA) is 3.24 Å². The molecule has 264 valence electrons. The molecule has 10 rings (SSSR count). The number of hydrogen-bond acceptors (Lipinski definition) is 1. The molecule has 1 nitrogen and oxygen atoms in total. The standard InChI is InChI=1S/C54H43N/c1-53(2)48-24-14-11-22-43(48)45-32-31-41(35-50(45)53)55(40-29-27-37(28-30-40)36-17-7-5-8-18-36)51-26-16-13-21-42(51)39-33-46(38-19-9-6-10-20-38)52-47(34-39)44-23-12-15-25-49(44)54(52,3)4/h5-35H,1-4H3. The van der Waals surface area contributed by atoms with Crippen LogP contribution in [0.15, 0.2) is 188 Å². The molecule has 0 N–H and O–H groups in total. The highest BCUT2D eigenvalue weighted by atomic mass is 15.1. The predicted octanol–water partition coefficient (Wildman–Crippen LogP) is 14.8. The lowest BCUT2D eigenvalue weighted by Crippen LogP contribution is -2.17. The van der Waals surface area contributed by atoms with E-state index in [9.17, 15) is 0 Å². The van der Waals surface area contributed by atoms with E-state index in [0.717, 1.165) is 17.1 Å². The maximum Gasteiger partial charge on any atom is 0.0540 e. The first-order chi connectivity index (χ1) is 26.8. The molecule has 2 aliphatic carbocycles. The summed E-state index contributed by atoms with van der Waals surface area (Å²) in [6.45, 7) is 9.49. The van der Waals surface area contributed by atoms with E-state index < -0.39 is 0 Å². The van der Waals surface area contributed by atoms with Crippen LogP contribution in [0.2, 0.25) is 0 Å². The van der Waals surface area contributed by atoms with Crippen molar-refractivity contribution >= 4 is 17.1 Å². The van der Waals surface area contributed by atoms with Crippen molar-refractivity contribution in [3.05, 3.63) is 210 Å². The molecular weight excluding hydrogens is 663 g/mol. The fraction of sp³-hybridized carbons (Fsp3) is 0.111. The number of para-hydroxylation sites is 1. The molecule has 0 fully saturated rings. The van der Waals surface area contributed by atoms with Crippen LogP contribution >= 0.6 is 0 Å². The maximum absolute atomic E-state index is 2.47. The predicted molar refractivity (Wildman–Crippen MR) is 233 cm³/mol. The summed E-state index contributed by atoms with van der Waals surface area (Å²) < 4.78 is 0. The number of rotatable bonds is 6. The van der Waals surface area contributed by atoms with E-state index >= 15 is 0 Å². The maximum atomic E-state index is 2.47. The van der Waals surface area contributed by atoms with Gasteiger partial charge in [-0.2, -0.15) is 0 Å². The van der Waals surface area contributed by atoms with Crippen molar-refractivity contribution in [2.75, 3.05) is 4.90 Å². The van der Waals surface area contributed by atoms with Gasteiger partial charge in [0.2, 0.25) is 0 Å². The van der Waals surface area contributed by atoms with Gasteiger partial charge in [-0.25, -0.2) is 0 Å². The van der Waals surface area contributed by atoms with Gasteiger partial charge in [-0.3, -0.25) is 0 Å². The third-order valence-corrected chi connectivity index (χ3v) is 12.3. The lowest BCUT2D eigenvalue weighted by molar-refractivity contribution is 0.660. The van der Waals surface area contributed by atoms with Gasteiger partial charge in [0, 0.05) is 27.8 Å². The fourth-order valence-electron chi connectivity index (χ4n) is 9.53. The highest BCUT2D eigenvalue weighted by Gasteiger charge is 2.39. The molecule has 55 heavy (non-hydrogen) atoms. The third kappa shape index (κ3) is 5.22. The normalized spacial score (nSPS) is 14.1. The molecule has 0 spiro atoms. The summed E-state index contributed by atoms with van der Waals surface area (Å²) in [5.41, 5.74) is 21.4. The molecule has 0 aliphatic heterocycles. The van der Waals surface area contributed by atoms with Crippen LogP contribution in [0.25, 0.3) is 55.6 Å². The summed E-state index contributed by atoms with van der Waals surface area (Å²) in [4.78, 5) is 2.47. The van der Waals surface area contributed by atoms with Crippen LogP contribution in [0.1, 0.15) is 49.9 Å². The Labute approximate surface area is 325 Å². The minimum atomic E-state index is -0.128. The molecular formula is C54H43N. The average molecular weight is 706 g/mol. The number of nitrogens with zero attached hydrogens (tertiary/aromatic N) is 1. The summed E-state index contributed by atoms with van der Waals surface area (Å²) in [5.74, 6) is 0. The van der Waals surface area contributed by atoms with Gasteiger partial charge in [0.15, 0.2) is 0 Å². The molecule has 0 unspecified atom stereocenters. The third-order valence-electron chi connectivity index (χ3n) is 12.3. The van der Waals surface area contributed by atoms with Crippen molar-refractivity contribution in [3.63, 3.8) is 0 Å². The molecule has 0 saturated carbocycles. The largest absolute Gasteiger partial charge is 0.310 e. The fourth-order valence-corrected chi connectivity index (χ4v) is 9.53. The van der Waals surface area contributed by atoms with Crippen LogP contribution < -0.4 is 4.90 Å². The van der Waals surface area contributed by atoms with Crippen molar-refractivity contribution in [2.24, 2.45) is 0 Å². The van der Waals surface area contributed by atoms with Crippen molar-refractivity contribution < 1.29 is 0 Å². The molecule has 0 saturated heterocycles. The van der Waals surface area contributed by atoms with Gasteiger partial charge in [-0.1, -0.05) is 173 Å². The molecule has 0 bridgehead atoms. The first kappa shape index (κ1) is 33.2. The second kappa shape index (κ2) is 12.6. The minimum Gasteiger partial charge on any atom is -0.310 e. The summed E-state index contributed by atoms with van der Waals surface area (Å²) >= 11 is 0. The quantitative estimate of drug-likeness (QED) is 0.166. The van der Waals surface area contributed by atoms with E-state index in [1.165, 1.54) is 77.9 Å². The number of anilines is 3. The zero-order valence-electron chi connectivity index (χ0n) is 31.8. The second-order valence-electron chi connectivity index (χ2n) is 16.1. The van der Waals surface area contributed by atoms with Crippen molar-refractivity contribution in [1.82, 2.24) is 0 Å². The highest BCUT2D eigenvalue weighted by molar-refractivity contribution is 5.96. The van der Waals surface area contributed by atoms with Gasteiger partial charge < -0.3 is 4.90 Å². The van der Waals surface area contributed by atoms with Crippen LogP contribution in [-0.4, -0.2) is 0 Å². The lowest BCUT2D eigenvalue weighted by Gasteiger charge is -2.30. The lowest BCUT2D eigenvalue weighted by atomic mass is 9.78. The molecule has 1 heteroatoms. The molecule has 8 aromatic rings. The number of fused-ring (bicyclic) bond motifs is 6. The Morgan fingerprint density at radius 1 is 0.309 bits per heavy atom. The van der Waals surface area contributed by atoms with Crippen LogP contribution in [0.5, 0.6) is 0 Å². The second-order valence-corrected chi connectivity index (χ2v) is 16.1. The Hall–Kier alpha value is -6.44. The minimum absolute atomic E-state index is 0.116. The van der Waals surface area contributed by atoms with Crippen LogP contribution in [0, 0.1) is 0 Å².